The van der Waals surface area contributed by atoms with Gasteiger partial charge in [0.05, 0.1) is 4.90 Å². The second-order valence-electron chi connectivity index (χ2n) is 5.29. The highest BCUT2D eigenvalue weighted by molar-refractivity contribution is 7.90. The molecule has 4 heteroatoms. The third-order valence-electron chi connectivity index (χ3n) is 3.58. The third kappa shape index (κ3) is 3.33. The molecule has 100 valence electrons. The van der Waals surface area contributed by atoms with E-state index in [1.165, 1.54) is 19.1 Å². The first-order valence-electron chi connectivity index (χ1n) is 6.47. The molecular weight excluding hydrogens is 246 g/mol. The van der Waals surface area contributed by atoms with Crippen LogP contribution in [0.1, 0.15) is 24.0 Å². The summed E-state index contributed by atoms with van der Waals surface area (Å²) in [5, 5.41) is 3.39. The molecule has 1 aromatic carbocycles. The van der Waals surface area contributed by atoms with E-state index in [0.29, 0.717) is 10.8 Å². The Morgan fingerprint density at radius 2 is 2.17 bits per heavy atom. The predicted molar refractivity (Wildman–Crippen MR) is 73.6 cm³/mol. The van der Waals surface area contributed by atoms with Crippen LogP contribution in [0.5, 0.6) is 0 Å². The minimum absolute atomic E-state index is 0.476. The fourth-order valence-electron chi connectivity index (χ4n) is 2.60. The van der Waals surface area contributed by atoms with E-state index in [4.69, 9.17) is 0 Å². The maximum Gasteiger partial charge on any atom is 0.175 e. The molecule has 0 radical (unpaired) electrons. The molecule has 0 spiro atoms. The zero-order valence-electron chi connectivity index (χ0n) is 11.1. The van der Waals surface area contributed by atoms with Crippen LogP contribution in [0.25, 0.3) is 0 Å². The second-order valence-corrected chi connectivity index (χ2v) is 7.27. The molecule has 0 aromatic heterocycles. The van der Waals surface area contributed by atoms with Crippen LogP contribution in [0.15, 0.2) is 23.1 Å². The van der Waals surface area contributed by atoms with Crippen molar-refractivity contribution in [2.24, 2.45) is 5.92 Å². The molecule has 1 aromatic rings. The van der Waals surface area contributed by atoms with E-state index < -0.39 is 9.84 Å². The van der Waals surface area contributed by atoms with E-state index in [0.717, 1.165) is 30.6 Å². The number of nitrogens with one attached hydrogen (secondary N) is 1. The van der Waals surface area contributed by atoms with E-state index in [2.05, 4.69) is 11.4 Å². The lowest BCUT2D eigenvalue weighted by molar-refractivity contribution is 0.376. The van der Waals surface area contributed by atoms with Crippen LogP contribution < -0.4 is 5.32 Å². The van der Waals surface area contributed by atoms with E-state index in [9.17, 15) is 8.42 Å². The summed E-state index contributed by atoms with van der Waals surface area (Å²) < 4.78 is 23.4. The van der Waals surface area contributed by atoms with Gasteiger partial charge in [-0.3, -0.25) is 0 Å². The summed E-state index contributed by atoms with van der Waals surface area (Å²) in [6.45, 7) is 4.00. The number of aryl methyl sites for hydroxylation is 1. The molecular formula is C14H21NO2S. The summed E-state index contributed by atoms with van der Waals surface area (Å²) >= 11 is 0. The second kappa shape index (κ2) is 5.41. The average molecular weight is 267 g/mol. The van der Waals surface area contributed by atoms with Crippen LogP contribution in [-0.2, 0) is 16.3 Å². The highest BCUT2D eigenvalue weighted by atomic mass is 32.2. The van der Waals surface area contributed by atoms with Crippen molar-refractivity contribution in [1.82, 2.24) is 5.32 Å². The molecule has 1 fully saturated rings. The first-order valence-corrected chi connectivity index (χ1v) is 8.36. The molecule has 18 heavy (non-hydrogen) atoms. The van der Waals surface area contributed by atoms with Crippen molar-refractivity contribution in [3.05, 3.63) is 29.3 Å². The number of rotatable bonds is 3. The maximum absolute atomic E-state index is 11.7. The van der Waals surface area contributed by atoms with Gasteiger partial charge >= 0.3 is 0 Å². The molecule has 0 bridgehead atoms. The van der Waals surface area contributed by atoms with E-state index in [1.807, 2.05) is 19.1 Å². The van der Waals surface area contributed by atoms with Gasteiger partial charge in [-0.15, -0.1) is 0 Å². The van der Waals surface area contributed by atoms with Gasteiger partial charge in [0.25, 0.3) is 0 Å². The van der Waals surface area contributed by atoms with Crippen LogP contribution in [0, 0.1) is 12.8 Å². The first-order chi connectivity index (χ1) is 8.47. The van der Waals surface area contributed by atoms with Crippen molar-refractivity contribution in [3.8, 4) is 0 Å². The van der Waals surface area contributed by atoms with Crippen LogP contribution in [-0.4, -0.2) is 27.8 Å². The van der Waals surface area contributed by atoms with E-state index >= 15 is 0 Å². The monoisotopic (exact) mass is 267 g/mol. The summed E-state index contributed by atoms with van der Waals surface area (Å²) in [7, 11) is -3.11. The van der Waals surface area contributed by atoms with Crippen molar-refractivity contribution in [2.75, 3.05) is 19.3 Å². The zero-order valence-corrected chi connectivity index (χ0v) is 11.9. The summed E-state index contributed by atoms with van der Waals surface area (Å²) in [4.78, 5) is 0.476. The maximum atomic E-state index is 11.7. The summed E-state index contributed by atoms with van der Waals surface area (Å²) in [5.41, 5.74) is 1.97. The molecule has 3 nitrogen and oxygen atoms in total. The molecule has 0 aliphatic carbocycles. The number of hydrogen-bond acceptors (Lipinski definition) is 3. The standard InChI is InChI=1S/C14H21NO2S/c1-11-5-6-12(9-14(11)18(2,16)17)8-13-4-3-7-15-10-13/h5-6,9,13,15H,3-4,7-8,10H2,1-2H3. The number of piperidine rings is 1. The molecule has 2 rings (SSSR count). The lowest BCUT2D eigenvalue weighted by Crippen LogP contribution is -2.30. The smallest absolute Gasteiger partial charge is 0.175 e. The van der Waals surface area contributed by atoms with Crippen LogP contribution in [0.2, 0.25) is 0 Å². The lowest BCUT2D eigenvalue weighted by atomic mass is 9.92. The van der Waals surface area contributed by atoms with Gasteiger partial charge in [0.1, 0.15) is 0 Å². The van der Waals surface area contributed by atoms with Crippen molar-refractivity contribution in [3.63, 3.8) is 0 Å². The number of hydrogen-bond donors (Lipinski definition) is 1. The Labute approximate surface area is 110 Å². The first kappa shape index (κ1) is 13.6. The number of sulfone groups is 1. The lowest BCUT2D eigenvalue weighted by Gasteiger charge is -2.23. The predicted octanol–water partition coefficient (Wildman–Crippen LogP) is 1.94. The Morgan fingerprint density at radius 1 is 1.39 bits per heavy atom. The van der Waals surface area contributed by atoms with Crippen molar-refractivity contribution < 1.29 is 8.42 Å². The van der Waals surface area contributed by atoms with Gasteiger partial charge in [-0.05, 0) is 62.4 Å². The molecule has 1 N–H and O–H groups in total. The van der Waals surface area contributed by atoms with E-state index in [-0.39, 0.29) is 0 Å². The fraction of sp³-hybridized carbons (Fsp3) is 0.571. The Bertz CT molecular complexity index is 517. The fourth-order valence-corrected chi connectivity index (χ4v) is 3.62. The molecule has 1 aliphatic heterocycles. The van der Waals surface area contributed by atoms with Gasteiger partial charge in [0, 0.05) is 6.26 Å². The Balaban J connectivity index is 2.19. The Hall–Kier alpha value is -0.870. The van der Waals surface area contributed by atoms with Crippen molar-refractivity contribution in [2.45, 2.75) is 31.1 Å². The summed E-state index contributed by atoms with van der Waals surface area (Å²) in [6, 6.07) is 5.82. The minimum Gasteiger partial charge on any atom is -0.316 e. The molecule has 1 saturated heterocycles. The molecule has 1 atom stereocenters. The van der Waals surface area contributed by atoms with Gasteiger partial charge in [-0.2, -0.15) is 0 Å². The molecule has 1 unspecified atom stereocenters. The third-order valence-corrected chi connectivity index (χ3v) is 4.81. The Kier molecular flexibility index (Phi) is 4.07. The summed E-state index contributed by atoms with van der Waals surface area (Å²) in [5.74, 6) is 0.633. The zero-order chi connectivity index (χ0) is 13.2. The molecule has 0 saturated carbocycles. The largest absolute Gasteiger partial charge is 0.316 e. The quantitative estimate of drug-likeness (QED) is 0.910. The SMILES string of the molecule is Cc1ccc(CC2CCCNC2)cc1S(C)(=O)=O. The molecule has 1 heterocycles. The van der Waals surface area contributed by atoms with Gasteiger partial charge in [0.15, 0.2) is 9.84 Å². The van der Waals surface area contributed by atoms with Gasteiger partial charge in [-0.1, -0.05) is 12.1 Å². The summed E-state index contributed by atoms with van der Waals surface area (Å²) in [6.07, 6.45) is 4.70. The van der Waals surface area contributed by atoms with Gasteiger partial charge in [0.2, 0.25) is 0 Å². The van der Waals surface area contributed by atoms with Crippen LogP contribution in [0.3, 0.4) is 0 Å². The topological polar surface area (TPSA) is 46.2 Å². The highest BCUT2D eigenvalue weighted by Gasteiger charge is 2.16. The molecule has 1 aliphatic rings. The van der Waals surface area contributed by atoms with Crippen molar-refractivity contribution in [1.29, 1.82) is 0 Å². The van der Waals surface area contributed by atoms with E-state index in [1.54, 1.807) is 0 Å². The normalized spacial score (nSPS) is 20.9. The number of benzene rings is 1. The van der Waals surface area contributed by atoms with Crippen molar-refractivity contribution >= 4 is 9.84 Å². The highest BCUT2D eigenvalue weighted by Crippen LogP contribution is 2.21. The molecule has 0 amide bonds. The van der Waals surface area contributed by atoms with Crippen LogP contribution in [0.4, 0.5) is 0 Å². The average Bonchev–Trinajstić information content (AvgIpc) is 2.31. The van der Waals surface area contributed by atoms with Gasteiger partial charge in [-0.25, -0.2) is 8.42 Å². The minimum atomic E-state index is -3.11. The Morgan fingerprint density at radius 3 is 2.78 bits per heavy atom. The van der Waals surface area contributed by atoms with Gasteiger partial charge < -0.3 is 5.32 Å². The van der Waals surface area contributed by atoms with Crippen LogP contribution >= 0.6 is 0 Å².